The van der Waals surface area contributed by atoms with Gasteiger partial charge in [0.25, 0.3) is 5.91 Å². The van der Waals surface area contributed by atoms with E-state index in [9.17, 15) is 4.79 Å². The number of para-hydroxylation sites is 1. The van der Waals surface area contributed by atoms with E-state index in [2.05, 4.69) is 28.0 Å². The molecule has 4 aromatic rings. The molecule has 7 nitrogen and oxygen atoms in total. The molecule has 1 atom stereocenters. The van der Waals surface area contributed by atoms with Gasteiger partial charge in [-0.05, 0) is 62.8 Å². The lowest BCUT2D eigenvalue weighted by Gasteiger charge is -2.30. The minimum absolute atomic E-state index is 0.0347. The van der Waals surface area contributed by atoms with Crippen LogP contribution in [-0.4, -0.2) is 51.0 Å². The number of aromatic nitrogens is 3. The van der Waals surface area contributed by atoms with E-state index in [1.54, 1.807) is 7.11 Å². The highest BCUT2D eigenvalue weighted by Gasteiger charge is 2.27. The number of amides is 1. The normalized spacial score (nSPS) is 18.7. The first-order valence-corrected chi connectivity index (χ1v) is 12.2. The predicted molar refractivity (Wildman–Crippen MR) is 133 cm³/mol. The van der Waals surface area contributed by atoms with Crippen LogP contribution in [0.4, 0.5) is 0 Å². The van der Waals surface area contributed by atoms with E-state index in [1.165, 1.54) is 12.8 Å². The lowest BCUT2D eigenvalue weighted by molar-refractivity contribution is 0.0709. The minimum atomic E-state index is 0.0347. The summed E-state index contributed by atoms with van der Waals surface area (Å²) in [4.78, 5) is 20.0. The summed E-state index contributed by atoms with van der Waals surface area (Å²) < 4.78 is 10.2. The van der Waals surface area contributed by atoms with E-state index >= 15 is 0 Å². The van der Waals surface area contributed by atoms with Gasteiger partial charge in [0.2, 0.25) is 0 Å². The monoisotopic (exact) mass is 457 g/mol. The van der Waals surface area contributed by atoms with E-state index in [0.717, 1.165) is 65.3 Å². The number of nitrogens with zero attached hydrogens (tertiary/aromatic N) is 4. The third-order valence-corrected chi connectivity index (χ3v) is 7.34. The van der Waals surface area contributed by atoms with Gasteiger partial charge in [0.1, 0.15) is 17.1 Å². The van der Waals surface area contributed by atoms with Crippen molar-refractivity contribution in [2.75, 3.05) is 20.2 Å². The number of methoxy groups -OCH3 is 1. The zero-order valence-electron chi connectivity index (χ0n) is 19.8. The number of aryl methyl sites for hydroxylation is 1. The zero-order valence-corrected chi connectivity index (χ0v) is 19.8. The molecule has 4 heterocycles. The molecule has 1 saturated heterocycles. The van der Waals surface area contributed by atoms with Crippen LogP contribution < -0.4 is 10.5 Å². The van der Waals surface area contributed by atoms with Crippen molar-refractivity contribution in [3.8, 4) is 17.1 Å². The van der Waals surface area contributed by atoms with Crippen LogP contribution in [0.3, 0.4) is 0 Å². The summed E-state index contributed by atoms with van der Waals surface area (Å²) in [6.07, 6.45) is 6.43. The van der Waals surface area contributed by atoms with Gasteiger partial charge in [0.15, 0.2) is 0 Å². The molecule has 2 fully saturated rings. The van der Waals surface area contributed by atoms with Gasteiger partial charge >= 0.3 is 0 Å². The molecule has 1 amide bonds. The number of fused-ring (bicyclic) bond motifs is 2. The molecule has 34 heavy (non-hydrogen) atoms. The molecule has 2 N–H and O–H groups in total. The van der Waals surface area contributed by atoms with Crippen LogP contribution in [0.2, 0.25) is 0 Å². The smallest absolute Gasteiger partial charge is 0.254 e. The third kappa shape index (κ3) is 3.55. The number of rotatable bonds is 5. The summed E-state index contributed by atoms with van der Waals surface area (Å²) in [5.74, 6) is 1.63. The van der Waals surface area contributed by atoms with E-state index in [0.29, 0.717) is 18.0 Å². The molecule has 1 aliphatic carbocycles. The number of carbonyl (C=O) groups is 1. The van der Waals surface area contributed by atoms with Crippen molar-refractivity contribution in [1.82, 2.24) is 18.9 Å². The van der Waals surface area contributed by atoms with Crippen LogP contribution in [0, 0.1) is 12.8 Å². The Morgan fingerprint density at radius 1 is 1.21 bits per heavy atom. The first kappa shape index (κ1) is 21.2. The largest absolute Gasteiger partial charge is 0.495 e. The fourth-order valence-electron chi connectivity index (χ4n) is 5.32. The molecule has 1 saturated carbocycles. The Kier molecular flexibility index (Phi) is 5.10. The number of pyridine rings is 1. The van der Waals surface area contributed by atoms with Crippen molar-refractivity contribution < 1.29 is 9.53 Å². The number of ether oxygens (including phenoxy) is 1. The number of hydrogen-bond acceptors (Lipinski definition) is 4. The lowest BCUT2D eigenvalue weighted by atomic mass is 10.1. The Morgan fingerprint density at radius 3 is 2.82 bits per heavy atom. The summed E-state index contributed by atoms with van der Waals surface area (Å²) >= 11 is 0. The Morgan fingerprint density at radius 2 is 2.06 bits per heavy atom. The highest BCUT2D eigenvalue weighted by atomic mass is 16.5. The number of nitrogens with two attached hydrogens (primary N) is 1. The highest BCUT2D eigenvalue weighted by molar-refractivity contribution is 5.95. The summed E-state index contributed by atoms with van der Waals surface area (Å²) in [5, 5.41) is 1.16. The number of piperidine rings is 1. The fourth-order valence-corrected chi connectivity index (χ4v) is 5.32. The summed E-state index contributed by atoms with van der Waals surface area (Å²) in [6, 6.07) is 12.3. The van der Waals surface area contributed by atoms with Crippen molar-refractivity contribution in [3.05, 3.63) is 53.9 Å². The number of hydrogen-bond donors (Lipinski definition) is 1. The molecule has 0 bridgehead atoms. The van der Waals surface area contributed by atoms with Crippen LogP contribution in [-0.2, 0) is 6.54 Å². The lowest BCUT2D eigenvalue weighted by Crippen LogP contribution is -2.45. The molecule has 6 rings (SSSR count). The van der Waals surface area contributed by atoms with Crippen LogP contribution in [0.25, 0.3) is 27.9 Å². The quantitative estimate of drug-likeness (QED) is 0.486. The summed E-state index contributed by atoms with van der Waals surface area (Å²) in [7, 11) is 1.73. The standard InChI is InChI=1S/C27H31N5O2/c1-17-25(22-13-19-5-3-7-23(34-2)26(19)32(22)15-18-8-9-18)29-24-14-20(10-12-31(17)24)27(33)30-11-4-6-21(28)16-30/h3,5,7,10,12-14,18,21H,4,6,8-9,11,15-16,28H2,1-2H3. The minimum Gasteiger partial charge on any atom is -0.495 e. The van der Waals surface area contributed by atoms with Crippen LogP contribution in [0.5, 0.6) is 5.75 Å². The highest BCUT2D eigenvalue weighted by Crippen LogP contribution is 2.39. The zero-order chi connectivity index (χ0) is 23.4. The van der Waals surface area contributed by atoms with Crippen molar-refractivity contribution in [1.29, 1.82) is 0 Å². The number of carbonyl (C=O) groups excluding carboxylic acids is 1. The molecule has 1 aliphatic heterocycles. The molecule has 1 aromatic carbocycles. The molecule has 0 radical (unpaired) electrons. The Labute approximate surface area is 199 Å². The maximum atomic E-state index is 13.1. The van der Waals surface area contributed by atoms with E-state index < -0.39 is 0 Å². The van der Waals surface area contributed by atoms with Gasteiger partial charge in [-0.1, -0.05) is 12.1 Å². The predicted octanol–water partition coefficient (Wildman–Crippen LogP) is 4.25. The average Bonchev–Trinajstić information content (AvgIpc) is 3.52. The van der Waals surface area contributed by atoms with E-state index in [4.69, 9.17) is 15.5 Å². The molecule has 1 unspecified atom stereocenters. The number of likely N-dealkylation sites (tertiary alicyclic amines) is 1. The molecule has 3 aromatic heterocycles. The van der Waals surface area contributed by atoms with Gasteiger partial charge in [-0.3, -0.25) is 4.79 Å². The topological polar surface area (TPSA) is 77.8 Å². The number of imidazole rings is 1. The van der Waals surface area contributed by atoms with Gasteiger partial charge in [-0.15, -0.1) is 0 Å². The molecule has 7 heteroatoms. The molecule has 0 spiro atoms. The molecular weight excluding hydrogens is 426 g/mol. The van der Waals surface area contributed by atoms with Gasteiger partial charge in [-0.2, -0.15) is 0 Å². The Balaban J connectivity index is 1.44. The van der Waals surface area contributed by atoms with Crippen molar-refractivity contribution in [3.63, 3.8) is 0 Å². The maximum absolute atomic E-state index is 13.1. The second-order valence-electron chi connectivity index (χ2n) is 9.82. The van der Waals surface area contributed by atoms with Crippen LogP contribution >= 0.6 is 0 Å². The summed E-state index contributed by atoms with van der Waals surface area (Å²) in [5.41, 5.74) is 11.8. The van der Waals surface area contributed by atoms with Gasteiger partial charge in [0, 0.05) is 48.5 Å². The molecule has 2 aliphatic rings. The number of benzene rings is 1. The molecular formula is C27H31N5O2. The first-order valence-electron chi connectivity index (χ1n) is 12.2. The van der Waals surface area contributed by atoms with Crippen molar-refractivity contribution in [2.45, 2.75) is 45.2 Å². The molecule has 176 valence electrons. The fraction of sp³-hybridized carbons (Fsp3) is 0.407. The van der Waals surface area contributed by atoms with Crippen LogP contribution in [0.1, 0.15) is 41.7 Å². The Hall–Kier alpha value is -3.32. The Bertz CT molecular complexity index is 1400. The summed E-state index contributed by atoms with van der Waals surface area (Å²) in [6.45, 7) is 4.44. The third-order valence-electron chi connectivity index (χ3n) is 7.34. The van der Waals surface area contributed by atoms with Gasteiger partial charge in [-0.25, -0.2) is 4.98 Å². The van der Waals surface area contributed by atoms with Gasteiger partial charge in [0.05, 0.1) is 18.3 Å². The van der Waals surface area contributed by atoms with Crippen molar-refractivity contribution in [2.24, 2.45) is 11.7 Å². The van der Waals surface area contributed by atoms with E-state index in [1.807, 2.05) is 35.4 Å². The second-order valence-corrected chi connectivity index (χ2v) is 9.82. The average molecular weight is 458 g/mol. The van der Waals surface area contributed by atoms with Crippen molar-refractivity contribution >= 4 is 22.5 Å². The maximum Gasteiger partial charge on any atom is 0.254 e. The SMILES string of the molecule is COc1cccc2cc(-c3nc4cc(C(=O)N5CCCC(N)C5)ccn4c3C)n(CC3CC3)c12. The van der Waals surface area contributed by atoms with E-state index in [-0.39, 0.29) is 11.9 Å². The second kappa shape index (κ2) is 8.17. The first-order chi connectivity index (χ1) is 16.5. The van der Waals surface area contributed by atoms with Crippen LogP contribution in [0.15, 0.2) is 42.6 Å². The van der Waals surface area contributed by atoms with Gasteiger partial charge < -0.3 is 24.3 Å².